The fourth-order valence-electron chi connectivity index (χ4n) is 4.80. The van der Waals surface area contributed by atoms with Crippen LogP contribution < -0.4 is 33.8 Å². The predicted octanol–water partition coefficient (Wildman–Crippen LogP) is 5.86. The number of aromatic nitrogens is 1. The van der Waals surface area contributed by atoms with Crippen LogP contribution in [0.3, 0.4) is 0 Å². The smallest absolute Gasteiger partial charge is 0.343 e. The van der Waals surface area contributed by atoms with Crippen molar-refractivity contribution >= 4 is 29.0 Å². The predicted molar refractivity (Wildman–Crippen MR) is 169 cm³/mol. The zero-order chi connectivity index (χ0) is 31.9. The quantitative estimate of drug-likeness (QED) is 0.0825. The molecule has 5 aromatic rings. The van der Waals surface area contributed by atoms with Gasteiger partial charge in [-0.3, -0.25) is 4.79 Å². The van der Waals surface area contributed by atoms with E-state index < -0.39 is 11.9 Å². The number of carbonyl (C=O) groups excluding carboxylic acids is 2. The zero-order valence-electron chi connectivity index (χ0n) is 25.3. The molecule has 0 atom stereocenters. The van der Waals surface area contributed by atoms with E-state index in [0.29, 0.717) is 34.3 Å². The fourth-order valence-corrected chi connectivity index (χ4v) is 4.80. The second-order valence-corrected chi connectivity index (χ2v) is 9.57. The van der Waals surface area contributed by atoms with Gasteiger partial charge in [-0.2, -0.15) is 5.10 Å². The number of rotatable bonds is 11. The summed E-state index contributed by atoms with van der Waals surface area (Å²) in [6.07, 6.45) is 1.46. The topological polar surface area (TPSA) is 130 Å². The maximum atomic E-state index is 13.3. The molecule has 2 N–H and O–H groups in total. The van der Waals surface area contributed by atoms with Crippen LogP contribution in [0, 0.1) is 0 Å². The summed E-state index contributed by atoms with van der Waals surface area (Å²) in [6, 6.07) is 23.0. The largest absolute Gasteiger partial charge is 0.497 e. The Balaban J connectivity index is 1.35. The second-order valence-electron chi connectivity index (χ2n) is 9.57. The van der Waals surface area contributed by atoms with Gasteiger partial charge in [-0.15, -0.1) is 0 Å². The molecule has 11 heteroatoms. The summed E-state index contributed by atoms with van der Waals surface area (Å²) >= 11 is 0. The summed E-state index contributed by atoms with van der Waals surface area (Å²) in [5.41, 5.74) is 6.10. The van der Waals surface area contributed by atoms with E-state index in [4.69, 9.17) is 28.4 Å². The van der Waals surface area contributed by atoms with Crippen LogP contribution >= 0.6 is 0 Å². The third-order valence-corrected chi connectivity index (χ3v) is 6.97. The number of nitrogens with one attached hydrogen (secondary N) is 2. The summed E-state index contributed by atoms with van der Waals surface area (Å²) in [5, 5.41) is 5.00. The number of fused-ring (bicyclic) bond motifs is 1. The number of esters is 1. The molecule has 4 aromatic carbocycles. The van der Waals surface area contributed by atoms with Crippen molar-refractivity contribution in [3.05, 3.63) is 95.7 Å². The van der Waals surface area contributed by atoms with Crippen LogP contribution in [0.1, 0.15) is 26.4 Å². The molecule has 0 unspecified atom stereocenters. The van der Waals surface area contributed by atoms with Crippen molar-refractivity contribution in [1.82, 2.24) is 10.4 Å². The van der Waals surface area contributed by atoms with E-state index in [0.717, 1.165) is 22.0 Å². The first-order valence-corrected chi connectivity index (χ1v) is 13.7. The van der Waals surface area contributed by atoms with Gasteiger partial charge in [0.1, 0.15) is 11.4 Å². The minimum Gasteiger partial charge on any atom is -0.497 e. The molecule has 0 saturated heterocycles. The van der Waals surface area contributed by atoms with Crippen LogP contribution in [0.5, 0.6) is 34.5 Å². The molecule has 11 nitrogen and oxygen atoms in total. The number of aromatic amines is 1. The molecular weight excluding hydrogens is 578 g/mol. The summed E-state index contributed by atoms with van der Waals surface area (Å²) in [7, 11) is 7.43. The number of H-pyrrole nitrogens is 1. The SMILES string of the molecule is COc1ccc2[nH]c(C(=O)NN=Cc3ccc(OC(=O)c4cc(OC)c(OC)c(OC)c4)c(OC)c3)c(-c3ccccc3)c2c1. The number of amides is 1. The van der Waals surface area contributed by atoms with E-state index in [1.54, 1.807) is 25.3 Å². The number of methoxy groups -OCH3 is 5. The Kier molecular flexibility index (Phi) is 9.18. The molecule has 230 valence electrons. The van der Waals surface area contributed by atoms with Crippen molar-refractivity contribution in [1.29, 1.82) is 0 Å². The number of benzene rings is 4. The molecule has 0 radical (unpaired) electrons. The molecular formula is C34H31N3O8. The van der Waals surface area contributed by atoms with E-state index in [9.17, 15) is 9.59 Å². The lowest BCUT2D eigenvalue weighted by Gasteiger charge is -2.14. The summed E-state index contributed by atoms with van der Waals surface area (Å²) < 4.78 is 32.4. The monoisotopic (exact) mass is 609 g/mol. The third kappa shape index (κ3) is 6.37. The number of nitrogens with zero attached hydrogens (tertiary/aromatic N) is 1. The summed E-state index contributed by atoms with van der Waals surface area (Å²) in [6.45, 7) is 0. The van der Waals surface area contributed by atoms with E-state index in [2.05, 4.69) is 15.5 Å². The molecule has 0 bridgehead atoms. The summed E-state index contributed by atoms with van der Waals surface area (Å²) in [4.78, 5) is 29.5. The highest BCUT2D eigenvalue weighted by Crippen LogP contribution is 2.39. The highest BCUT2D eigenvalue weighted by molar-refractivity contribution is 6.10. The molecule has 1 heterocycles. The van der Waals surface area contributed by atoms with Gasteiger partial charge in [0.15, 0.2) is 23.0 Å². The highest BCUT2D eigenvalue weighted by atomic mass is 16.6. The molecule has 45 heavy (non-hydrogen) atoms. The number of hydrazone groups is 1. The Hall–Kier alpha value is -5.97. The molecule has 5 rings (SSSR count). The average Bonchev–Trinajstić information content (AvgIpc) is 3.47. The van der Waals surface area contributed by atoms with Crippen molar-refractivity contribution in [2.75, 3.05) is 35.5 Å². The van der Waals surface area contributed by atoms with Gasteiger partial charge in [-0.25, -0.2) is 10.2 Å². The second kappa shape index (κ2) is 13.6. The van der Waals surface area contributed by atoms with E-state index in [-0.39, 0.29) is 17.1 Å². The summed E-state index contributed by atoms with van der Waals surface area (Å²) in [5.74, 6) is 1.02. The van der Waals surface area contributed by atoms with Crippen molar-refractivity contribution in [3.8, 4) is 45.6 Å². The number of carbonyl (C=O) groups is 2. The number of hydrogen-bond acceptors (Lipinski definition) is 9. The standard InChI is InChI=1S/C34H31N3O8/c1-40-23-12-13-25-24(18-23)30(21-9-7-6-8-10-21)31(36-25)33(38)37-35-19-20-11-14-26(27(15-20)41-2)45-34(39)22-16-28(42-3)32(44-5)29(17-22)43-4/h6-19,36H,1-5H3,(H,37,38). The van der Waals surface area contributed by atoms with Crippen LogP contribution in [-0.2, 0) is 0 Å². The molecule has 1 aromatic heterocycles. The average molecular weight is 610 g/mol. The lowest BCUT2D eigenvalue weighted by atomic mass is 10.0. The third-order valence-electron chi connectivity index (χ3n) is 6.97. The lowest BCUT2D eigenvalue weighted by molar-refractivity contribution is 0.0728. The van der Waals surface area contributed by atoms with Crippen LogP contribution in [0.2, 0.25) is 0 Å². The minimum absolute atomic E-state index is 0.179. The van der Waals surface area contributed by atoms with E-state index >= 15 is 0 Å². The Morgan fingerprint density at radius 3 is 2.09 bits per heavy atom. The Bertz CT molecular complexity index is 1860. The van der Waals surface area contributed by atoms with Gasteiger partial charge in [0.25, 0.3) is 5.91 Å². The van der Waals surface area contributed by atoms with Crippen molar-refractivity contribution < 1.29 is 38.0 Å². The number of ether oxygens (including phenoxy) is 6. The lowest BCUT2D eigenvalue weighted by Crippen LogP contribution is -2.18. The van der Waals surface area contributed by atoms with Crippen molar-refractivity contribution in [2.24, 2.45) is 5.10 Å². The highest BCUT2D eigenvalue weighted by Gasteiger charge is 2.21. The van der Waals surface area contributed by atoms with Gasteiger partial charge < -0.3 is 33.4 Å². The zero-order valence-corrected chi connectivity index (χ0v) is 25.3. The molecule has 0 aliphatic carbocycles. The molecule has 0 spiro atoms. The Labute approximate surface area is 259 Å². The normalized spacial score (nSPS) is 10.9. The van der Waals surface area contributed by atoms with Crippen LogP contribution in [0.15, 0.2) is 84.0 Å². The van der Waals surface area contributed by atoms with Gasteiger partial charge in [0.05, 0.1) is 47.3 Å². The van der Waals surface area contributed by atoms with Gasteiger partial charge >= 0.3 is 5.97 Å². The van der Waals surface area contributed by atoms with Gasteiger partial charge in [0.2, 0.25) is 5.75 Å². The fraction of sp³-hybridized carbons (Fsp3) is 0.147. The number of hydrogen-bond donors (Lipinski definition) is 2. The maximum Gasteiger partial charge on any atom is 0.343 e. The maximum absolute atomic E-state index is 13.3. The van der Waals surface area contributed by atoms with Crippen molar-refractivity contribution in [2.45, 2.75) is 0 Å². The van der Waals surface area contributed by atoms with Gasteiger partial charge in [-0.05, 0) is 59.7 Å². The molecule has 0 aliphatic heterocycles. The van der Waals surface area contributed by atoms with Gasteiger partial charge in [0, 0.05) is 16.5 Å². The first-order valence-electron chi connectivity index (χ1n) is 13.7. The molecule has 0 aliphatic rings. The van der Waals surface area contributed by atoms with Crippen molar-refractivity contribution in [3.63, 3.8) is 0 Å². The van der Waals surface area contributed by atoms with Crippen LogP contribution in [-0.4, -0.2) is 58.6 Å². The first kappa shape index (κ1) is 30.5. The molecule has 1 amide bonds. The first-order chi connectivity index (χ1) is 21.9. The van der Waals surface area contributed by atoms with Crippen LogP contribution in [0.25, 0.3) is 22.0 Å². The Morgan fingerprint density at radius 1 is 0.733 bits per heavy atom. The molecule has 0 fully saturated rings. The molecule has 0 saturated carbocycles. The minimum atomic E-state index is -0.661. The Morgan fingerprint density at radius 2 is 1.44 bits per heavy atom. The van der Waals surface area contributed by atoms with Gasteiger partial charge in [-0.1, -0.05) is 30.3 Å². The van der Waals surface area contributed by atoms with E-state index in [1.165, 1.54) is 46.8 Å². The van der Waals surface area contributed by atoms with Crippen LogP contribution in [0.4, 0.5) is 0 Å². The van der Waals surface area contributed by atoms with E-state index in [1.807, 2.05) is 48.5 Å².